The number of benzene rings is 2. The SMILES string of the molecule is C=C(/N=C\C(CC)=C(/C)CCNC1CCN(C(=O)C(CCC)CCNc2cc(C)c(NN)cc2C)CC1)Nc1cc(C)cc(C)c1. The number of piperidine rings is 1. The Bertz CT molecular complexity index is 1350. The predicted octanol–water partition coefficient (Wildman–Crippen LogP) is 7.78. The molecule has 8 heteroatoms. The minimum Gasteiger partial charge on any atom is -0.385 e. The second-order valence-electron chi connectivity index (χ2n) is 13.0. The van der Waals surface area contributed by atoms with Gasteiger partial charge in [0.1, 0.15) is 5.82 Å². The second-order valence-corrected chi connectivity index (χ2v) is 13.0. The van der Waals surface area contributed by atoms with Crippen molar-refractivity contribution >= 4 is 29.2 Å². The van der Waals surface area contributed by atoms with Crippen LogP contribution < -0.4 is 27.2 Å². The number of rotatable bonds is 17. The number of anilines is 3. The van der Waals surface area contributed by atoms with E-state index >= 15 is 0 Å². The van der Waals surface area contributed by atoms with Crippen LogP contribution in [0.25, 0.3) is 0 Å². The Labute approximate surface area is 278 Å². The summed E-state index contributed by atoms with van der Waals surface area (Å²) in [7, 11) is 0. The number of hydrogen-bond donors (Lipinski definition) is 5. The largest absolute Gasteiger partial charge is 0.385 e. The molecular formula is C38H59N7O. The number of amides is 1. The number of likely N-dealkylation sites (tertiary alicyclic amines) is 1. The van der Waals surface area contributed by atoms with Crippen molar-refractivity contribution in [2.24, 2.45) is 16.8 Å². The van der Waals surface area contributed by atoms with Crippen molar-refractivity contribution in [3.05, 3.63) is 76.1 Å². The third-order valence-corrected chi connectivity index (χ3v) is 9.08. The van der Waals surface area contributed by atoms with Crippen LogP contribution in [0.3, 0.4) is 0 Å². The predicted molar refractivity (Wildman–Crippen MR) is 198 cm³/mol. The van der Waals surface area contributed by atoms with Crippen molar-refractivity contribution in [3.63, 3.8) is 0 Å². The summed E-state index contributed by atoms with van der Waals surface area (Å²) in [6.45, 7) is 22.3. The Morgan fingerprint density at radius 1 is 1.00 bits per heavy atom. The van der Waals surface area contributed by atoms with Gasteiger partial charge in [-0.3, -0.25) is 10.6 Å². The van der Waals surface area contributed by atoms with E-state index in [-0.39, 0.29) is 5.92 Å². The summed E-state index contributed by atoms with van der Waals surface area (Å²) in [6.07, 6.45) is 8.63. The van der Waals surface area contributed by atoms with Crippen LogP contribution in [0.5, 0.6) is 0 Å². The van der Waals surface area contributed by atoms with Gasteiger partial charge in [-0.25, -0.2) is 4.99 Å². The smallest absolute Gasteiger partial charge is 0.225 e. The molecule has 1 unspecified atom stereocenters. The summed E-state index contributed by atoms with van der Waals surface area (Å²) >= 11 is 0. The molecule has 0 saturated carbocycles. The number of carbonyl (C=O) groups is 1. The number of nitrogens with two attached hydrogens (primary N) is 1. The number of nitrogens with zero attached hydrogens (tertiary/aromatic N) is 2. The van der Waals surface area contributed by atoms with Gasteiger partial charge in [-0.1, -0.05) is 38.5 Å². The van der Waals surface area contributed by atoms with E-state index in [9.17, 15) is 4.79 Å². The molecule has 0 aliphatic carbocycles. The standard InChI is InChI=1S/C38H59N7O/c1-9-11-33(13-17-41-36-23-30(7)37(44-39)24-29(36)6)38(46)45-18-14-34(15-19-45)40-16-12-28(5)32(10-2)25-42-31(8)43-35-21-26(3)20-27(4)22-35/h20-25,33-34,40-41,43-44H,8-19,39H2,1-7H3/b32-28+,42-25-. The maximum atomic E-state index is 13.5. The van der Waals surface area contributed by atoms with Gasteiger partial charge < -0.3 is 26.3 Å². The molecule has 6 N–H and O–H groups in total. The van der Waals surface area contributed by atoms with Gasteiger partial charge in [0.2, 0.25) is 5.91 Å². The van der Waals surface area contributed by atoms with Crippen molar-refractivity contribution in [2.45, 2.75) is 99.5 Å². The summed E-state index contributed by atoms with van der Waals surface area (Å²) < 4.78 is 0. The van der Waals surface area contributed by atoms with Crippen molar-refractivity contribution in [1.29, 1.82) is 0 Å². The van der Waals surface area contributed by atoms with Crippen molar-refractivity contribution in [1.82, 2.24) is 10.2 Å². The number of hydrazine groups is 1. The van der Waals surface area contributed by atoms with Gasteiger partial charge in [0.15, 0.2) is 0 Å². The van der Waals surface area contributed by atoms with Gasteiger partial charge in [-0.2, -0.15) is 0 Å². The highest BCUT2D eigenvalue weighted by molar-refractivity contribution is 5.80. The Hall–Kier alpha value is -3.62. The molecule has 1 saturated heterocycles. The average Bonchev–Trinajstić information content (AvgIpc) is 3.01. The van der Waals surface area contributed by atoms with E-state index < -0.39 is 0 Å². The lowest BCUT2D eigenvalue weighted by molar-refractivity contribution is -0.137. The number of nitrogen functional groups attached to an aromatic ring is 1. The van der Waals surface area contributed by atoms with E-state index in [1.54, 1.807) is 0 Å². The molecule has 0 spiro atoms. The summed E-state index contributed by atoms with van der Waals surface area (Å²) in [6, 6.07) is 11.0. The molecule has 252 valence electrons. The Kier molecular flexibility index (Phi) is 14.8. The maximum Gasteiger partial charge on any atom is 0.225 e. The first-order chi connectivity index (χ1) is 22.0. The van der Waals surface area contributed by atoms with Gasteiger partial charge in [-0.05, 0) is 132 Å². The van der Waals surface area contributed by atoms with Crippen LogP contribution in [-0.4, -0.2) is 49.2 Å². The Morgan fingerprint density at radius 2 is 1.65 bits per heavy atom. The summed E-state index contributed by atoms with van der Waals surface area (Å²) in [5, 5.41) is 10.6. The molecule has 0 aromatic heterocycles. The molecule has 1 fully saturated rings. The molecule has 3 rings (SSSR count). The van der Waals surface area contributed by atoms with Crippen LogP contribution in [0.15, 0.2) is 58.9 Å². The topological polar surface area (TPSA) is 107 Å². The van der Waals surface area contributed by atoms with E-state index in [0.717, 1.165) is 99.3 Å². The number of carbonyl (C=O) groups excluding carboxylic acids is 1. The molecule has 1 aliphatic rings. The summed E-state index contributed by atoms with van der Waals surface area (Å²) in [5.74, 6) is 6.64. The highest BCUT2D eigenvalue weighted by Crippen LogP contribution is 2.25. The van der Waals surface area contributed by atoms with E-state index in [0.29, 0.717) is 17.8 Å². The highest BCUT2D eigenvalue weighted by Gasteiger charge is 2.27. The van der Waals surface area contributed by atoms with Crippen LogP contribution in [0.1, 0.15) is 88.0 Å². The quantitative estimate of drug-likeness (QED) is 0.0695. The van der Waals surface area contributed by atoms with Gasteiger partial charge in [0, 0.05) is 49.2 Å². The van der Waals surface area contributed by atoms with Crippen molar-refractivity contribution in [3.8, 4) is 0 Å². The fourth-order valence-electron chi connectivity index (χ4n) is 6.37. The number of aliphatic imine (C=N–C) groups is 1. The average molecular weight is 630 g/mol. The lowest BCUT2D eigenvalue weighted by Gasteiger charge is -2.35. The molecule has 1 amide bonds. The van der Waals surface area contributed by atoms with Crippen LogP contribution in [0.4, 0.5) is 17.1 Å². The van der Waals surface area contributed by atoms with E-state index in [4.69, 9.17) is 5.84 Å². The molecule has 46 heavy (non-hydrogen) atoms. The maximum absolute atomic E-state index is 13.5. The first-order valence-electron chi connectivity index (χ1n) is 17.1. The lowest BCUT2D eigenvalue weighted by Crippen LogP contribution is -2.47. The molecule has 2 aromatic carbocycles. The zero-order valence-corrected chi connectivity index (χ0v) is 29.5. The molecule has 8 nitrogen and oxygen atoms in total. The fourth-order valence-corrected chi connectivity index (χ4v) is 6.37. The molecule has 1 aliphatic heterocycles. The third-order valence-electron chi connectivity index (χ3n) is 9.08. The van der Waals surface area contributed by atoms with Crippen LogP contribution in [-0.2, 0) is 4.79 Å². The highest BCUT2D eigenvalue weighted by atomic mass is 16.2. The Balaban J connectivity index is 1.43. The zero-order valence-electron chi connectivity index (χ0n) is 29.5. The molecule has 1 heterocycles. The first-order valence-corrected chi connectivity index (χ1v) is 17.1. The van der Waals surface area contributed by atoms with Crippen molar-refractivity contribution < 1.29 is 4.79 Å². The van der Waals surface area contributed by atoms with Crippen LogP contribution in [0, 0.1) is 33.6 Å². The molecule has 0 radical (unpaired) electrons. The van der Waals surface area contributed by atoms with Crippen LogP contribution >= 0.6 is 0 Å². The minimum atomic E-state index is 0.0579. The number of nitrogens with one attached hydrogen (secondary N) is 4. The zero-order chi connectivity index (χ0) is 33.6. The minimum absolute atomic E-state index is 0.0579. The number of hydrogen-bond acceptors (Lipinski definition) is 7. The van der Waals surface area contributed by atoms with Gasteiger partial charge in [0.05, 0.1) is 5.69 Å². The van der Waals surface area contributed by atoms with E-state index in [1.807, 2.05) is 13.1 Å². The normalized spacial score (nSPS) is 15.1. The Morgan fingerprint density at radius 3 is 2.28 bits per heavy atom. The molecular weight excluding hydrogens is 570 g/mol. The first kappa shape index (κ1) is 36.8. The van der Waals surface area contributed by atoms with E-state index in [2.05, 4.69) is 110 Å². The monoisotopic (exact) mass is 629 g/mol. The number of aryl methyl sites for hydroxylation is 4. The summed E-state index contributed by atoms with van der Waals surface area (Å²) in [4.78, 5) is 20.2. The van der Waals surface area contributed by atoms with Gasteiger partial charge >= 0.3 is 0 Å². The second kappa shape index (κ2) is 18.5. The van der Waals surface area contributed by atoms with E-state index in [1.165, 1.54) is 22.3 Å². The van der Waals surface area contributed by atoms with Crippen molar-refractivity contribution in [2.75, 3.05) is 42.2 Å². The van der Waals surface area contributed by atoms with Gasteiger partial charge in [-0.15, -0.1) is 0 Å². The molecule has 2 aromatic rings. The molecule has 0 bridgehead atoms. The van der Waals surface area contributed by atoms with Crippen LogP contribution in [0.2, 0.25) is 0 Å². The van der Waals surface area contributed by atoms with Gasteiger partial charge in [0.25, 0.3) is 0 Å². The third kappa shape index (κ3) is 11.3. The number of allylic oxidation sites excluding steroid dienone is 1. The lowest BCUT2D eigenvalue weighted by atomic mass is 9.95. The molecule has 1 atom stereocenters. The fraction of sp³-hybridized carbons (Fsp3) is 0.526. The summed E-state index contributed by atoms with van der Waals surface area (Å²) in [5.41, 5.74) is 13.1.